The number of nitrogens with one attached hydrogen (secondary N) is 1. The third-order valence-corrected chi connectivity index (χ3v) is 6.44. The molecule has 2 N–H and O–H groups in total. The summed E-state index contributed by atoms with van der Waals surface area (Å²) in [5, 5.41) is 13.7. The van der Waals surface area contributed by atoms with Gasteiger partial charge in [0.25, 0.3) is 0 Å². The third kappa shape index (κ3) is 3.49. The SMILES string of the molecule is COCCCN1C(O)NCC12CCC(c1ccccc1)(N(C)C)CC2. The van der Waals surface area contributed by atoms with Gasteiger partial charge in [-0.25, -0.2) is 0 Å². The molecule has 1 aliphatic heterocycles. The van der Waals surface area contributed by atoms with Gasteiger partial charge in [-0.2, -0.15) is 0 Å². The van der Waals surface area contributed by atoms with Crippen LogP contribution in [0.1, 0.15) is 37.7 Å². The maximum absolute atomic E-state index is 10.4. The molecule has 5 nitrogen and oxygen atoms in total. The molecule has 1 unspecified atom stereocenters. The highest BCUT2D eigenvalue weighted by atomic mass is 16.5. The first kappa shape index (κ1) is 18.8. The zero-order chi connectivity index (χ0) is 17.9. The molecule has 140 valence electrons. The van der Waals surface area contributed by atoms with E-state index < -0.39 is 6.35 Å². The largest absolute Gasteiger partial charge is 0.385 e. The van der Waals surface area contributed by atoms with Crippen molar-refractivity contribution < 1.29 is 9.84 Å². The van der Waals surface area contributed by atoms with E-state index in [1.54, 1.807) is 7.11 Å². The first-order valence-electron chi connectivity index (χ1n) is 9.44. The summed E-state index contributed by atoms with van der Waals surface area (Å²) in [5.41, 5.74) is 1.58. The lowest BCUT2D eigenvalue weighted by Crippen LogP contribution is -2.56. The summed E-state index contributed by atoms with van der Waals surface area (Å²) < 4.78 is 5.20. The van der Waals surface area contributed by atoms with Crippen molar-refractivity contribution in [3.05, 3.63) is 35.9 Å². The van der Waals surface area contributed by atoms with Gasteiger partial charge >= 0.3 is 0 Å². The molecule has 1 heterocycles. The summed E-state index contributed by atoms with van der Waals surface area (Å²) in [6.07, 6.45) is 4.83. The summed E-state index contributed by atoms with van der Waals surface area (Å²) in [6.45, 7) is 2.49. The Kier molecular flexibility index (Phi) is 5.81. The van der Waals surface area contributed by atoms with E-state index in [9.17, 15) is 5.11 Å². The highest BCUT2D eigenvalue weighted by Gasteiger charge is 2.51. The molecule has 0 radical (unpaired) electrons. The van der Waals surface area contributed by atoms with Gasteiger partial charge in [0.15, 0.2) is 6.35 Å². The molecule has 0 amide bonds. The van der Waals surface area contributed by atoms with Crippen LogP contribution in [0.2, 0.25) is 0 Å². The molecule has 1 spiro atoms. The highest BCUT2D eigenvalue weighted by molar-refractivity contribution is 5.26. The van der Waals surface area contributed by atoms with Crippen LogP contribution in [0.15, 0.2) is 30.3 Å². The van der Waals surface area contributed by atoms with E-state index in [1.807, 2.05) is 0 Å². The summed E-state index contributed by atoms with van der Waals surface area (Å²) in [5.74, 6) is 0. The Morgan fingerprint density at radius 1 is 1.20 bits per heavy atom. The Hall–Kier alpha value is -0.980. The average molecular weight is 348 g/mol. The van der Waals surface area contributed by atoms with Crippen LogP contribution < -0.4 is 5.32 Å². The smallest absolute Gasteiger partial charge is 0.163 e. The van der Waals surface area contributed by atoms with Gasteiger partial charge in [0.1, 0.15) is 0 Å². The maximum atomic E-state index is 10.4. The van der Waals surface area contributed by atoms with Crippen molar-refractivity contribution in [1.82, 2.24) is 15.1 Å². The number of nitrogens with zero attached hydrogens (tertiary/aromatic N) is 2. The van der Waals surface area contributed by atoms with Crippen LogP contribution in [0.5, 0.6) is 0 Å². The number of ether oxygens (including phenoxy) is 1. The van der Waals surface area contributed by atoms with Crippen LogP contribution in [0.25, 0.3) is 0 Å². The molecule has 1 saturated heterocycles. The summed E-state index contributed by atoms with van der Waals surface area (Å²) in [7, 11) is 6.13. The van der Waals surface area contributed by atoms with Crippen molar-refractivity contribution in [3.8, 4) is 0 Å². The van der Waals surface area contributed by atoms with Crippen LogP contribution in [0.4, 0.5) is 0 Å². The van der Waals surface area contributed by atoms with Crippen LogP contribution in [0.3, 0.4) is 0 Å². The molecule has 0 bridgehead atoms. The molecule has 5 heteroatoms. The molecule has 1 saturated carbocycles. The Balaban J connectivity index is 1.76. The number of methoxy groups -OCH3 is 1. The van der Waals surface area contributed by atoms with E-state index in [1.165, 1.54) is 5.56 Å². The lowest BCUT2D eigenvalue weighted by molar-refractivity contribution is -0.0609. The first-order chi connectivity index (χ1) is 12.0. The minimum atomic E-state index is -0.527. The standard InChI is InChI=1S/C20H33N3O2/c1-22(2)20(17-8-5-4-6-9-17)12-10-19(11-13-20)16-21-18(24)23(19)14-7-15-25-3/h4-6,8-9,18,21,24H,7,10-16H2,1-3H3. The van der Waals surface area contributed by atoms with Gasteiger partial charge in [-0.1, -0.05) is 30.3 Å². The van der Waals surface area contributed by atoms with Crippen LogP contribution >= 0.6 is 0 Å². The molecule has 1 aliphatic carbocycles. The number of rotatable bonds is 6. The lowest BCUT2D eigenvalue weighted by atomic mass is 9.68. The first-order valence-corrected chi connectivity index (χ1v) is 9.44. The van der Waals surface area contributed by atoms with Gasteiger partial charge in [-0.05, 0) is 51.8 Å². The van der Waals surface area contributed by atoms with E-state index in [4.69, 9.17) is 4.74 Å². The number of hydrogen-bond donors (Lipinski definition) is 2. The normalized spacial score (nSPS) is 33.4. The summed E-state index contributed by atoms with van der Waals surface area (Å²) in [4.78, 5) is 4.67. The summed E-state index contributed by atoms with van der Waals surface area (Å²) in [6, 6.07) is 10.9. The lowest BCUT2D eigenvalue weighted by Gasteiger charge is -2.51. The average Bonchev–Trinajstić information content (AvgIpc) is 2.93. The van der Waals surface area contributed by atoms with E-state index in [0.29, 0.717) is 0 Å². The molecule has 1 aromatic rings. The topological polar surface area (TPSA) is 48.0 Å². The number of aliphatic hydroxyl groups is 1. The van der Waals surface area contributed by atoms with E-state index in [2.05, 4.69) is 59.5 Å². The second kappa shape index (κ2) is 7.72. The zero-order valence-electron chi connectivity index (χ0n) is 15.9. The predicted octanol–water partition coefficient (Wildman–Crippen LogP) is 1.97. The Bertz CT molecular complexity index is 541. The van der Waals surface area contributed by atoms with Crippen LogP contribution in [-0.2, 0) is 10.3 Å². The molecular formula is C20H33N3O2. The molecule has 25 heavy (non-hydrogen) atoms. The van der Waals surface area contributed by atoms with Crippen LogP contribution in [0, 0.1) is 0 Å². The fourth-order valence-electron chi connectivity index (χ4n) is 4.83. The van der Waals surface area contributed by atoms with E-state index >= 15 is 0 Å². The van der Waals surface area contributed by atoms with Gasteiger partial charge in [-0.15, -0.1) is 0 Å². The number of hydrogen-bond acceptors (Lipinski definition) is 5. The summed E-state index contributed by atoms with van der Waals surface area (Å²) >= 11 is 0. The monoisotopic (exact) mass is 347 g/mol. The second-order valence-corrected chi connectivity index (χ2v) is 7.81. The van der Waals surface area contributed by atoms with Crippen molar-refractivity contribution in [1.29, 1.82) is 0 Å². The highest BCUT2D eigenvalue weighted by Crippen LogP contribution is 2.47. The fraction of sp³-hybridized carbons (Fsp3) is 0.700. The predicted molar refractivity (Wildman–Crippen MR) is 100 cm³/mol. The molecule has 1 aromatic carbocycles. The quantitative estimate of drug-likeness (QED) is 0.771. The van der Waals surface area contributed by atoms with Crippen molar-refractivity contribution >= 4 is 0 Å². The Morgan fingerprint density at radius 3 is 2.48 bits per heavy atom. The van der Waals surface area contributed by atoms with Gasteiger partial charge in [-0.3, -0.25) is 15.1 Å². The number of benzene rings is 1. The Morgan fingerprint density at radius 2 is 1.88 bits per heavy atom. The minimum absolute atomic E-state index is 0.0709. The zero-order valence-corrected chi connectivity index (χ0v) is 15.9. The van der Waals surface area contributed by atoms with Gasteiger partial charge in [0.05, 0.1) is 0 Å². The molecule has 2 aliphatic rings. The van der Waals surface area contributed by atoms with Crippen LogP contribution in [-0.4, -0.2) is 67.7 Å². The van der Waals surface area contributed by atoms with Gasteiger partial charge < -0.3 is 9.84 Å². The van der Waals surface area contributed by atoms with Crippen molar-refractivity contribution in [2.45, 2.75) is 49.5 Å². The van der Waals surface area contributed by atoms with Gasteiger partial charge in [0.2, 0.25) is 0 Å². The van der Waals surface area contributed by atoms with Gasteiger partial charge in [0, 0.05) is 37.9 Å². The fourth-order valence-corrected chi connectivity index (χ4v) is 4.83. The molecular weight excluding hydrogens is 314 g/mol. The van der Waals surface area contributed by atoms with E-state index in [0.717, 1.165) is 51.8 Å². The molecule has 1 atom stereocenters. The second-order valence-electron chi connectivity index (χ2n) is 7.81. The minimum Gasteiger partial charge on any atom is -0.385 e. The Labute approximate surface area is 152 Å². The van der Waals surface area contributed by atoms with Crippen molar-refractivity contribution in [2.75, 3.05) is 40.9 Å². The third-order valence-electron chi connectivity index (χ3n) is 6.44. The van der Waals surface area contributed by atoms with E-state index in [-0.39, 0.29) is 11.1 Å². The molecule has 3 rings (SSSR count). The molecule has 2 fully saturated rings. The van der Waals surface area contributed by atoms with Crippen molar-refractivity contribution in [3.63, 3.8) is 0 Å². The number of aliphatic hydroxyl groups excluding tert-OH is 1. The molecule has 0 aromatic heterocycles. The van der Waals surface area contributed by atoms with Crippen molar-refractivity contribution in [2.24, 2.45) is 0 Å². The maximum Gasteiger partial charge on any atom is 0.163 e.